The lowest BCUT2D eigenvalue weighted by atomic mass is 10.1. The van der Waals surface area contributed by atoms with Gasteiger partial charge in [0, 0.05) is 24.8 Å². The summed E-state index contributed by atoms with van der Waals surface area (Å²) in [5, 5.41) is 8.69. The normalized spacial score (nSPS) is 15.9. The average molecular weight is 236 g/mol. The molecule has 0 bridgehead atoms. The van der Waals surface area contributed by atoms with Gasteiger partial charge in [0.25, 0.3) is 0 Å². The molecule has 2 heterocycles. The summed E-state index contributed by atoms with van der Waals surface area (Å²) in [5.74, 6) is -0.0506. The highest BCUT2D eigenvalue weighted by molar-refractivity contribution is 5.72. The third-order valence-corrected chi connectivity index (χ3v) is 2.87. The van der Waals surface area contributed by atoms with E-state index in [1.54, 1.807) is 0 Å². The Bertz CT molecular complexity index is 416. The standard InChI is InChI=1S/C11H16N4O2/c12-10-8(6-9(16)17)7-13-11(14-10)15-4-2-1-3-5-15/h7H,1-6H2,(H,16,17)(H2,12,13,14). The fraction of sp³-hybridized carbons (Fsp3) is 0.545. The molecule has 0 unspecified atom stereocenters. The quantitative estimate of drug-likeness (QED) is 0.801. The van der Waals surface area contributed by atoms with Crippen LogP contribution in [-0.2, 0) is 11.2 Å². The molecule has 92 valence electrons. The Kier molecular flexibility index (Phi) is 3.41. The Morgan fingerprint density at radius 1 is 1.41 bits per heavy atom. The third kappa shape index (κ3) is 2.83. The Morgan fingerprint density at radius 2 is 2.12 bits per heavy atom. The van der Waals surface area contributed by atoms with Crippen molar-refractivity contribution in [2.75, 3.05) is 23.7 Å². The van der Waals surface area contributed by atoms with Crippen LogP contribution in [0.15, 0.2) is 6.20 Å². The number of piperidine rings is 1. The fourth-order valence-electron chi connectivity index (χ4n) is 1.96. The van der Waals surface area contributed by atoms with Gasteiger partial charge in [-0.3, -0.25) is 4.79 Å². The number of carboxylic acid groups (broad SMARTS) is 1. The van der Waals surface area contributed by atoms with Crippen molar-refractivity contribution in [2.45, 2.75) is 25.7 Å². The van der Waals surface area contributed by atoms with Crippen LogP contribution in [0, 0.1) is 0 Å². The van der Waals surface area contributed by atoms with Gasteiger partial charge in [0.15, 0.2) is 0 Å². The molecule has 6 heteroatoms. The van der Waals surface area contributed by atoms with Crippen LogP contribution in [0.3, 0.4) is 0 Å². The van der Waals surface area contributed by atoms with Crippen LogP contribution in [0.2, 0.25) is 0 Å². The number of nitrogens with two attached hydrogens (primary N) is 1. The maximum atomic E-state index is 10.6. The molecular weight excluding hydrogens is 220 g/mol. The van der Waals surface area contributed by atoms with E-state index in [1.165, 1.54) is 12.6 Å². The molecule has 0 radical (unpaired) electrons. The Morgan fingerprint density at radius 3 is 2.71 bits per heavy atom. The maximum absolute atomic E-state index is 10.6. The number of aromatic nitrogens is 2. The lowest BCUT2D eigenvalue weighted by Crippen LogP contribution is -2.31. The van der Waals surface area contributed by atoms with Crippen LogP contribution in [0.25, 0.3) is 0 Å². The molecule has 1 saturated heterocycles. The van der Waals surface area contributed by atoms with Crippen LogP contribution in [-0.4, -0.2) is 34.1 Å². The highest BCUT2D eigenvalue weighted by atomic mass is 16.4. The van der Waals surface area contributed by atoms with E-state index >= 15 is 0 Å². The number of hydrogen-bond donors (Lipinski definition) is 2. The zero-order valence-corrected chi connectivity index (χ0v) is 9.59. The van der Waals surface area contributed by atoms with E-state index < -0.39 is 5.97 Å². The van der Waals surface area contributed by atoms with Crippen LogP contribution in [0.4, 0.5) is 11.8 Å². The summed E-state index contributed by atoms with van der Waals surface area (Å²) >= 11 is 0. The van der Waals surface area contributed by atoms with Crippen LogP contribution < -0.4 is 10.6 Å². The zero-order chi connectivity index (χ0) is 12.3. The topological polar surface area (TPSA) is 92.3 Å². The number of nitrogens with zero attached hydrogens (tertiary/aromatic N) is 3. The number of carboxylic acids is 1. The molecule has 0 aliphatic carbocycles. The lowest BCUT2D eigenvalue weighted by molar-refractivity contribution is -0.136. The number of anilines is 2. The van der Waals surface area contributed by atoms with E-state index in [1.807, 2.05) is 0 Å². The second-order valence-electron chi connectivity index (χ2n) is 4.20. The Labute approximate surface area is 99.5 Å². The summed E-state index contributed by atoms with van der Waals surface area (Å²) in [6.45, 7) is 1.88. The van der Waals surface area contributed by atoms with Crippen LogP contribution in [0.5, 0.6) is 0 Å². The summed E-state index contributed by atoms with van der Waals surface area (Å²) in [6, 6.07) is 0. The predicted octanol–water partition coefficient (Wildman–Crippen LogP) is 0.676. The van der Waals surface area contributed by atoms with Gasteiger partial charge in [0.1, 0.15) is 5.82 Å². The first-order valence-corrected chi connectivity index (χ1v) is 5.75. The minimum atomic E-state index is -0.925. The van der Waals surface area contributed by atoms with Gasteiger partial charge in [-0.15, -0.1) is 0 Å². The molecule has 0 spiro atoms. The summed E-state index contributed by atoms with van der Waals surface area (Å²) in [7, 11) is 0. The van der Waals surface area contributed by atoms with Gasteiger partial charge in [0.2, 0.25) is 5.95 Å². The van der Waals surface area contributed by atoms with E-state index in [0.717, 1.165) is 25.9 Å². The second kappa shape index (κ2) is 4.99. The second-order valence-corrected chi connectivity index (χ2v) is 4.20. The first kappa shape index (κ1) is 11.6. The molecule has 0 aromatic carbocycles. The molecule has 1 fully saturated rings. The highest BCUT2D eigenvalue weighted by Gasteiger charge is 2.15. The molecular formula is C11H16N4O2. The van der Waals surface area contributed by atoms with Crippen molar-refractivity contribution in [3.05, 3.63) is 11.8 Å². The first-order chi connectivity index (χ1) is 8.16. The average Bonchev–Trinajstić information content (AvgIpc) is 2.32. The van der Waals surface area contributed by atoms with Crippen molar-refractivity contribution in [1.82, 2.24) is 9.97 Å². The van der Waals surface area contributed by atoms with Gasteiger partial charge in [-0.2, -0.15) is 4.98 Å². The Hall–Kier alpha value is -1.85. The summed E-state index contributed by atoms with van der Waals surface area (Å²) < 4.78 is 0. The van der Waals surface area contributed by atoms with E-state index in [9.17, 15) is 4.79 Å². The number of nitrogen functional groups attached to an aromatic ring is 1. The summed E-state index contributed by atoms with van der Waals surface area (Å²) in [6.07, 6.45) is 4.90. The summed E-state index contributed by atoms with van der Waals surface area (Å²) in [4.78, 5) is 21.0. The third-order valence-electron chi connectivity index (χ3n) is 2.87. The SMILES string of the molecule is Nc1nc(N2CCCCC2)ncc1CC(=O)O. The van der Waals surface area contributed by atoms with Crippen molar-refractivity contribution in [2.24, 2.45) is 0 Å². The van der Waals surface area contributed by atoms with Gasteiger partial charge in [-0.05, 0) is 19.3 Å². The van der Waals surface area contributed by atoms with Crippen molar-refractivity contribution < 1.29 is 9.90 Å². The first-order valence-electron chi connectivity index (χ1n) is 5.75. The molecule has 1 aliphatic heterocycles. The monoisotopic (exact) mass is 236 g/mol. The van der Waals surface area contributed by atoms with Crippen LogP contribution in [0.1, 0.15) is 24.8 Å². The number of aliphatic carboxylic acids is 1. The number of rotatable bonds is 3. The van der Waals surface area contributed by atoms with Crippen molar-refractivity contribution in [3.8, 4) is 0 Å². The maximum Gasteiger partial charge on any atom is 0.308 e. The summed E-state index contributed by atoms with van der Waals surface area (Å²) in [5.41, 5.74) is 6.21. The van der Waals surface area contributed by atoms with Crippen molar-refractivity contribution in [1.29, 1.82) is 0 Å². The zero-order valence-electron chi connectivity index (χ0n) is 9.59. The molecule has 1 aromatic rings. The van der Waals surface area contributed by atoms with Gasteiger partial charge in [0.05, 0.1) is 6.42 Å². The largest absolute Gasteiger partial charge is 0.481 e. The molecule has 17 heavy (non-hydrogen) atoms. The minimum Gasteiger partial charge on any atom is -0.481 e. The molecule has 2 rings (SSSR count). The minimum absolute atomic E-state index is 0.133. The van der Waals surface area contributed by atoms with Crippen molar-refractivity contribution in [3.63, 3.8) is 0 Å². The van der Waals surface area contributed by atoms with Gasteiger partial charge in [-0.25, -0.2) is 4.98 Å². The molecule has 6 nitrogen and oxygen atoms in total. The molecule has 0 amide bonds. The molecule has 1 aromatic heterocycles. The van der Waals surface area contributed by atoms with E-state index in [2.05, 4.69) is 14.9 Å². The van der Waals surface area contributed by atoms with E-state index in [4.69, 9.17) is 10.8 Å². The Balaban J connectivity index is 2.14. The number of carbonyl (C=O) groups is 1. The smallest absolute Gasteiger partial charge is 0.308 e. The van der Waals surface area contributed by atoms with Crippen LogP contribution >= 0.6 is 0 Å². The van der Waals surface area contributed by atoms with Crippen molar-refractivity contribution >= 4 is 17.7 Å². The molecule has 0 saturated carbocycles. The fourth-order valence-corrected chi connectivity index (χ4v) is 1.96. The van der Waals surface area contributed by atoms with E-state index in [-0.39, 0.29) is 12.2 Å². The lowest BCUT2D eigenvalue weighted by Gasteiger charge is -2.26. The van der Waals surface area contributed by atoms with Gasteiger partial charge in [-0.1, -0.05) is 0 Å². The van der Waals surface area contributed by atoms with Gasteiger partial charge < -0.3 is 15.7 Å². The predicted molar refractivity (Wildman–Crippen MR) is 63.8 cm³/mol. The van der Waals surface area contributed by atoms with E-state index in [0.29, 0.717) is 11.5 Å². The molecule has 3 N–H and O–H groups in total. The van der Waals surface area contributed by atoms with Gasteiger partial charge >= 0.3 is 5.97 Å². The number of hydrogen-bond acceptors (Lipinski definition) is 5. The highest BCUT2D eigenvalue weighted by Crippen LogP contribution is 2.18. The molecule has 0 atom stereocenters. The molecule has 1 aliphatic rings.